The van der Waals surface area contributed by atoms with Gasteiger partial charge in [0.2, 0.25) is 5.91 Å². The van der Waals surface area contributed by atoms with Crippen molar-refractivity contribution in [3.8, 4) is 12.1 Å². The van der Waals surface area contributed by atoms with E-state index in [1.165, 1.54) is 0 Å². The number of nitrogens with zero attached hydrogens (tertiary/aromatic N) is 4. The Kier molecular flexibility index (Phi) is 5.14. The monoisotopic (exact) mass is 360 g/mol. The molecule has 7 nitrogen and oxygen atoms in total. The second-order valence-corrected chi connectivity index (χ2v) is 6.14. The lowest BCUT2D eigenvalue weighted by molar-refractivity contribution is -0.130. The Morgan fingerprint density at radius 1 is 0.963 bits per heavy atom. The molecule has 0 aromatic heterocycles. The molecular formula is C20H16N4O3. The Morgan fingerprint density at radius 3 is 2.04 bits per heavy atom. The van der Waals surface area contributed by atoms with Gasteiger partial charge in [0.1, 0.15) is 13.1 Å². The topological polar surface area (TPSA) is 105 Å². The number of amides is 3. The number of benzene rings is 2. The van der Waals surface area contributed by atoms with Crippen molar-refractivity contribution in [3.05, 3.63) is 47.5 Å². The normalized spacial score (nSPS) is 12.6. The van der Waals surface area contributed by atoms with Gasteiger partial charge in [0.15, 0.2) is 0 Å². The van der Waals surface area contributed by atoms with Crippen molar-refractivity contribution in [2.24, 2.45) is 0 Å². The van der Waals surface area contributed by atoms with Gasteiger partial charge in [0.25, 0.3) is 11.8 Å². The molecule has 3 rings (SSSR count). The van der Waals surface area contributed by atoms with Crippen LogP contribution in [0, 0.1) is 22.7 Å². The van der Waals surface area contributed by atoms with Crippen molar-refractivity contribution in [2.45, 2.75) is 12.8 Å². The summed E-state index contributed by atoms with van der Waals surface area (Å²) in [6, 6.07) is 14.3. The molecular weight excluding hydrogens is 344 g/mol. The molecule has 7 heteroatoms. The van der Waals surface area contributed by atoms with E-state index < -0.39 is 0 Å². The molecule has 1 aliphatic heterocycles. The highest BCUT2D eigenvalue weighted by atomic mass is 16.2. The Hall–Kier alpha value is -3.71. The summed E-state index contributed by atoms with van der Waals surface area (Å²) in [6.07, 6.45) is 0.314. The highest BCUT2D eigenvalue weighted by Gasteiger charge is 2.32. The minimum absolute atomic E-state index is 0.0479. The number of rotatable bonds is 6. The number of hydrogen-bond donors (Lipinski definition) is 0. The standard InChI is InChI=1S/C20H16N4O3/c21-9-12-23(13-10-22)17(25)8-3-11-24-19(26)15-6-1-4-14-5-2-7-16(18(14)15)20(24)27/h1-2,4-7H,3,8,11-13H2. The van der Waals surface area contributed by atoms with E-state index >= 15 is 0 Å². The molecule has 1 heterocycles. The average Bonchev–Trinajstić information content (AvgIpc) is 2.68. The summed E-state index contributed by atoms with van der Waals surface area (Å²) in [7, 11) is 0. The van der Waals surface area contributed by atoms with E-state index in [4.69, 9.17) is 10.5 Å². The highest BCUT2D eigenvalue weighted by molar-refractivity contribution is 6.25. The van der Waals surface area contributed by atoms with Crippen molar-refractivity contribution in [3.63, 3.8) is 0 Å². The molecule has 27 heavy (non-hydrogen) atoms. The van der Waals surface area contributed by atoms with Gasteiger partial charge in [-0.15, -0.1) is 0 Å². The van der Waals surface area contributed by atoms with Crippen LogP contribution in [0.15, 0.2) is 36.4 Å². The van der Waals surface area contributed by atoms with Crippen LogP contribution in [-0.4, -0.2) is 47.2 Å². The van der Waals surface area contributed by atoms with Crippen LogP contribution in [0.4, 0.5) is 0 Å². The summed E-state index contributed by atoms with van der Waals surface area (Å²) >= 11 is 0. The third-order valence-electron chi connectivity index (χ3n) is 4.50. The van der Waals surface area contributed by atoms with Crippen molar-refractivity contribution < 1.29 is 14.4 Å². The summed E-state index contributed by atoms with van der Waals surface area (Å²) in [6.45, 7) is -0.228. The molecule has 2 aromatic carbocycles. The first-order valence-corrected chi connectivity index (χ1v) is 8.48. The zero-order chi connectivity index (χ0) is 19.4. The van der Waals surface area contributed by atoms with Crippen LogP contribution >= 0.6 is 0 Å². The fraction of sp³-hybridized carbons (Fsp3) is 0.250. The molecule has 3 amide bonds. The third kappa shape index (κ3) is 3.36. The van der Waals surface area contributed by atoms with Crippen molar-refractivity contribution in [1.82, 2.24) is 9.80 Å². The van der Waals surface area contributed by atoms with Gasteiger partial charge in [-0.25, -0.2) is 0 Å². The van der Waals surface area contributed by atoms with Gasteiger partial charge >= 0.3 is 0 Å². The lowest BCUT2D eigenvalue weighted by Crippen LogP contribution is -2.41. The first-order chi connectivity index (χ1) is 13.1. The van der Waals surface area contributed by atoms with Crippen LogP contribution in [0.1, 0.15) is 33.6 Å². The molecule has 2 aromatic rings. The molecule has 0 atom stereocenters. The largest absolute Gasteiger partial charge is 0.316 e. The molecule has 0 bridgehead atoms. The average molecular weight is 360 g/mol. The number of imide groups is 1. The summed E-state index contributed by atoms with van der Waals surface area (Å²) in [5.74, 6) is -1.09. The number of carbonyl (C=O) groups excluding carboxylic acids is 3. The maximum Gasteiger partial charge on any atom is 0.261 e. The number of nitriles is 2. The van der Waals surface area contributed by atoms with E-state index in [0.717, 1.165) is 15.2 Å². The number of hydrogen-bond acceptors (Lipinski definition) is 5. The minimum atomic E-state index is -0.373. The smallest absolute Gasteiger partial charge is 0.261 e. The summed E-state index contributed by atoms with van der Waals surface area (Å²) < 4.78 is 0. The van der Waals surface area contributed by atoms with Gasteiger partial charge in [-0.2, -0.15) is 10.5 Å². The van der Waals surface area contributed by atoms with Gasteiger partial charge in [-0.1, -0.05) is 24.3 Å². The molecule has 0 spiro atoms. The summed E-state index contributed by atoms with van der Waals surface area (Å²) in [5.41, 5.74) is 0.953. The van der Waals surface area contributed by atoms with Crippen LogP contribution in [-0.2, 0) is 4.79 Å². The van der Waals surface area contributed by atoms with Gasteiger partial charge in [-0.05, 0) is 23.9 Å². The predicted octanol–water partition coefficient (Wildman–Crippen LogP) is 2.09. The van der Waals surface area contributed by atoms with Crippen molar-refractivity contribution >= 4 is 28.5 Å². The van der Waals surface area contributed by atoms with Crippen LogP contribution in [0.3, 0.4) is 0 Å². The zero-order valence-corrected chi connectivity index (χ0v) is 14.5. The SMILES string of the molecule is N#CCN(CC#N)C(=O)CCCN1C(=O)c2cccc3cccc(c23)C1=O. The van der Waals surface area contributed by atoms with E-state index in [2.05, 4.69) is 0 Å². The van der Waals surface area contributed by atoms with Crippen LogP contribution in [0.2, 0.25) is 0 Å². The molecule has 134 valence electrons. The third-order valence-corrected chi connectivity index (χ3v) is 4.50. The molecule has 0 N–H and O–H groups in total. The summed E-state index contributed by atoms with van der Waals surface area (Å²) in [4.78, 5) is 39.9. The quantitative estimate of drug-likeness (QED) is 0.579. The predicted molar refractivity (Wildman–Crippen MR) is 96.4 cm³/mol. The minimum Gasteiger partial charge on any atom is -0.316 e. The van der Waals surface area contributed by atoms with Crippen LogP contribution in [0.25, 0.3) is 10.8 Å². The fourth-order valence-electron chi connectivity index (χ4n) is 3.23. The van der Waals surface area contributed by atoms with E-state index in [-0.39, 0.29) is 50.2 Å². The molecule has 0 aliphatic carbocycles. The second-order valence-electron chi connectivity index (χ2n) is 6.14. The maximum atomic E-state index is 12.8. The molecule has 0 fully saturated rings. The zero-order valence-electron chi connectivity index (χ0n) is 14.5. The van der Waals surface area contributed by atoms with Gasteiger partial charge < -0.3 is 4.90 Å². The maximum absolute atomic E-state index is 12.8. The van der Waals surface area contributed by atoms with Gasteiger partial charge in [-0.3, -0.25) is 19.3 Å². The number of carbonyl (C=O) groups is 3. The molecule has 0 unspecified atom stereocenters. The van der Waals surface area contributed by atoms with E-state index in [1.807, 2.05) is 24.3 Å². The van der Waals surface area contributed by atoms with E-state index in [9.17, 15) is 14.4 Å². The van der Waals surface area contributed by atoms with Gasteiger partial charge in [0.05, 0.1) is 12.1 Å². The Morgan fingerprint density at radius 2 is 1.52 bits per heavy atom. The van der Waals surface area contributed by atoms with Crippen molar-refractivity contribution in [1.29, 1.82) is 10.5 Å². The Labute approximate surface area is 156 Å². The molecule has 0 radical (unpaired) electrons. The lowest BCUT2D eigenvalue weighted by atomic mass is 9.94. The van der Waals surface area contributed by atoms with Crippen LogP contribution < -0.4 is 0 Å². The molecule has 0 saturated heterocycles. The Bertz CT molecular complexity index is 949. The fourth-order valence-corrected chi connectivity index (χ4v) is 3.23. The first kappa shape index (κ1) is 18.1. The lowest BCUT2D eigenvalue weighted by Gasteiger charge is -2.27. The Balaban J connectivity index is 1.73. The van der Waals surface area contributed by atoms with Crippen LogP contribution in [0.5, 0.6) is 0 Å². The summed E-state index contributed by atoms with van der Waals surface area (Å²) in [5, 5.41) is 19.0. The highest BCUT2D eigenvalue weighted by Crippen LogP contribution is 2.30. The van der Waals surface area contributed by atoms with Gasteiger partial charge in [0, 0.05) is 29.5 Å². The first-order valence-electron chi connectivity index (χ1n) is 8.48. The van der Waals surface area contributed by atoms with E-state index in [1.54, 1.807) is 24.3 Å². The second kappa shape index (κ2) is 7.67. The molecule has 1 aliphatic rings. The molecule has 0 saturated carbocycles. The van der Waals surface area contributed by atoms with E-state index in [0.29, 0.717) is 16.5 Å². The van der Waals surface area contributed by atoms with Crippen molar-refractivity contribution in [2.75, 3.05) is 19.6 Å².